The number of aryl methyl sites for hydroxylation is 1. The van der Waals surface area contributed by atoms with Crippen LogP contribution in [0.25, 0.3) is 16.2 Å². The molecule has 0 amide bonds. The van der Waals surface area contributed by atoms with Crippen molar-refractivity contribution in [3.8, 4) is 11.3 Å². The monoisotopic (exact) mass is 273 g/mol. The second-order valence-corrected chi connectivity index (χ2v) is 5.13. The zero-order chi connectivity index (χ0) is 13.4. The van der Waals surface area contributed by atoms with E-state index in [0.29, 0.717) is 10.8 Å². The van der Waals surface area contributed by atoms with Crippen molar-refractivity contribution in [1.82, 2.24) is 14.6 Å². The number of carboxylic acids is 1. The Hall–Kier alpha value is -2.21. The Labute approximate surface area is 113 Å². The summed E-state index contributed by atoms with van der Waals surface area (Å²) < 4.78 is 1.81. The Morgan fingerprint density at radius 2 is 2.05 bits per heavy atom. The summed E-state index contributed by atoms with van der Waals surface area (Å²) in [4.78, 5) is 11.6. The fourth-order valence-corrected chi connectivity index (χ4v) is 2.81. The standard InChI is InChI=1S/C13H11N3O2S/c1-8-2-4-9(5-3-8)10-7-19-13-15-14-11(16(10)13)6-12(17)18/h2-5,7H,6H2,1H3,(H,17,18). The van der Waals surface area contributed by atoms with Gasteiger partial charge in [-0.2, -0.15) is 0 Å². The molecule has 1 N–H and O–H groups in total. The number of carboxylic acid groups (broad SMARTS) is 1. The lowest BCUT2D eigenvalue weighted by Crippen LogP contribution is -2.05. The summed E-state index contributed by atoms with van der Waals surface area (Å²) in [7, 11) is 0. The van der Waals surface area contributed by atoms with E-state index in [9.17, 15) is 4.79 Å². The minimum Gasteiger partial charge on any atom is -0.481 e. The molecule has 6 heteroatoms. The van der Waals surface area contributed by atoms with Gasteiger partial charge in [0.25, 0.3) is 0 Å². The van der Waals surface area contributed by atoms with Gasteiger partial charge in [0.15, 0.2) is 0 Å². The number of benzene rings is 1. The van der Waals surface area contributed by atoms with Crippen molar-refractivity contribution in [3.05, 3.63) is 41.0 Å². The first kappa shape index (κ1) is 11.9. The minimum atomic E-state index is -0.907. The molecular weight excluding hydrogens is 262 g/mol. The Bertz CT molecular complexity index is 743. The van der Waals surface area contributed by atoms with Gasteiger partial charge in [-0.05, 0) is 12.5 Å². The number of hydrogen-bond donors (Lipinski definition) is 1. The molecule has 19 heavy (non-hydrogen) atoms. The molecule has 3 rings (SSSR count). The van der Waals surface area contributed by atoms with Gasteiger partial charge in [0.2, 0.25) is 4.96 Å². The number of hydrogen-bond acceptors (Lipinski definition) is 4. The first-order valence-corrected chi connectivity index (χ1v) is 6.63. The van der Waals surface area contributed by atoms with E-state index in [1.54, 1.807) is 0 Å². The largest absolute Gasteiger partial charge is 0.481 e. The SMILES string of the molecule is Cc1ccc(-c2csc3nnc(CC(=O)O)n23)cc1. The van der Waals surface area contributed by atoms with Crippen LogP contribution in [0.15, 0.2) is 29.6 Å². The third kappa shape index (κ3) is 2.10. The average Bonchev–Trinajstić information content (AvgIpc) is 2.93. The van der Waals surface area contributed by atoms with Gasteiger partial charge in [0.05, 0.1) is 5.69 Å². The average molecular weight is 273 g/mol. The van der Waals surface area contributed by atoms with Gasteiger partial charge < -0.3 is 5.11 Å². The van der Waals surface area contributed by atoms with Crippen molar-refractivity contribution >= 4 is 22.3 Å². The molecule has 0 saturated carbocycles. The molecule has 0 saturated heterocycles. The van der Waals surface area contributed by atoms with Gasteiger partial charge in [-0.3, -0.25) is 9.20 Å². The van der Waals surface area contributed by atoms with Crippen molar-refractivity contribution in [2.75, 3.05) is 0 Å². The second-order valence-electron chi connectivity index (χ2n) is 4.29. The van der Waals surface area contributed by atoms with Gasteiger partial charge in [-0.1, -0.05) is 29.8 Å². The van der Waals surface area contributed by atoms with Crippen molar-refractivity contribution < 1.29 is 9.90 Å². The molecule has 96 valence electrons. The Balaban J connectivity index is 2.15. The molecule has 0 fully saturated rings. The van der Waals surface area contributed by atoms with Gasteiger partial charge in [0, 0.05) is 5.38 Å². The maximum Gasteiger partial charge on any atom is 0.311 e. The van der Waals surface area contributed by atoms with Crippen LogP contribution < -0.4 is 0 Å². The minimum absolute atomic E-state index is 0.128. The summed E-state index contributed by atoms with van der Waals surface area (Å²) in [6, 6.07) is 8.09. The van der Waals surface area contributed by atoms with E-state index in [4.69, 9.17) is 5.11 Å². The van der Waals surface area contributed by atoms with Crippen LogP contribution in [-0.2, 0) is 11.2 Å². The molecule has 0 aliphatic heterocycles. The van der Waals surface area contributed by atoms with Crippen LogP contribution in [0.3, 0.4) is 0 Å². The molecular formula is C13H11N3O2S. The van der Waals surface area contributed by atoms with Crippen LogP contribution in [0.5, 0.6) is 0 Å². The predicted octanol–water partition coefficient (Wildman–Crippen LogP) is 2.39. The van der Waals surface area contributed by atoms with Crippen molar-refractivity contribution in [2.24, 2.45) is 0 Å². The topological polar surface area (TPSA) is 67.5 Å². The molecule has 2 heterocycles. The highest BCUT2D eigenvalue weighted by molar-refractivity contribution is 7.15. The summed E-state index contributed by atoms with van der Waals surface area (Å²) in [5.74, 6) is -0.449. The molecule has 0 aliphatic rings. The smallest absolute Gasteiger partial charge is 0.311 e. The number of aliphatic carboxylic acids is 1. The molecule has 5 nitrogen and oxygen atoms in total. The molecule has 2 aromatic heterocycles. The van der Waals surface area contributed by atoms with Crippen LogP contribution >= 0.6 is 11.3 Å². The number of rotatable bonds is 3. The fourth-order valence-electron chi connectivity index (χ4n) is 1.95. The normalized spacial score (nSPS) is 11.0. The van der Waals surface area contributed by atoms with Crippen molar-refractivity contribution in [2.45, 2.75) is 13.3 Å². The van der Waals surface area contributed by atoms with Crippen LogP contribution in [-0.4, -0.2) is 25.7 Å². The van der Waals surface area contributed by atoms with Crippen LogP contribution in [0.1, 0.15) is 11.4 Å². The summed E-state index contributed by atoms with van der Waals surface area (Å²) in [6.45, 7) is 2.03. The number of carbonyl (C=O) groups is 1. The third-order valence-electron chi connectivity index (χ3n) is 2.87. The Kier molecular flexibility index (Phi) is 2.79. The zero-order valence-corrected chi connectivity index (χ0v) is 11.0. The van der Waals surface area contributed by atoms with E-state index in [0.717, 1.165) is 11.3 Å². The lowest BCUT2D eigenvalue weighted by molar-refractivity contribution is -0.136. The molecule has 0 spiro atoms. The van der Waals surface area contributed by atoms with E-state index in [-0.39, 0.29) is 6.42 Å². The predicted molar refractivity (Wildman–Crippen MR) is 72.4 cm³/mol. The zero-order valence-electron chi connectivity index (χ0n) is 10.2. The van der Waals surface area contributed by atoms with Crippen LogP contribution in [0, 0.1) is 6.92 Å². The number of thiazole rings is 1. The fraction of sp³-hybridized carbons (Fsp3) is 0.154. The van der Waals surface area contributed by atoms with Gasteiger partial charge in [-0.25, -0.2) is 0 Å². The van der Waals surface area contributed by atoms with Gasteiger partial charge >= 0.3 is 5.97 Å². The molecule has 0 aliphatic carbocycles. The van der Waals surface area contributed by atoms with E-state index >= 15 is 0 Å². The number of aromatic nitrogens is 3. The highest BCUT2D eigenvalue weighted by Gasteiger charge is 2.15. The van der Waals surface area contributed by atoms with Crippen LogP contribution in [0.4, 0.5) is 0 Å². The summed E-state index contributed by atoms with van der Waals surface area (Å²) in [6.07, 6.45) is -0.128. The van der Waals surface area contributed by atoms with E-state index < -0.39 is 5.97 Å². The molecule has 0 unspecified atom stereocenters. The summed E-state index contributed by atoms with van der Waals surface area (Å²) in [5.41, 5.74) is 3.15. The lowest BCUT2D eigenvalue weighted by Gasteiger charge is -2.02. The second kappa shape index (κ2) is 4.47. The molecule has 0 atom stereocenters. The Morgan fingerprint density at radius 3 is 2.74 bits per heavy atom. The van der Waals surface area contributed by atoms with Crippen molar-refractivity contribution in [1.29, 1.82) is 0 Å². The summed E-state index contributed by atoms with van der Waals surface area (Å²) >= 11 is 1.46. The molecule has 0 radical (unpaired) electrons. The first-order chi connectivity index (χ1) is 9.15. The number of nitrogens with zero attached hydrogens (tertiary/aromatic N) is 3. The van der Waals surface area contributed by atoms with Crippen LogP contribution in [0.2, 0.25) is 0 Å². The van der Waals surface area contributed by atoms with Gasteiger partial charge in [0.1, 0.15) is 12.2 Å². The molecule has 1 aromatic carbocycles. The highest BCUT2D eigenvalue weighted by atomic mass is 32.1. The molecule has 3 aromatic rings. The first-order valence-electron chi connectivity index (χ1n) is 5.75. The maximum absolute atomic E-state index is 10.8. The maximum atomic E-state index is 10.8. The van der Waals surface area contributed by atoms with Crippen molar-refractivity contribution in [3.63, 3.8) is 0 Å². The molecule has 0 bridgehead atoms. The van der Waals surface area contributed by atoms with Gasteiger partial charge in [-0.15, -0.1) is 21.5 Å². The van der Waals surface area contributed by atoms with E-state index in [1.807, 2.05) is 41.0 Å². The lowest BCUT2D eigenvalue weighted by atomic mass is 10.1. The quantitative estimate of drug-likeness (QED) is 0.795. The van der Waals surface area contributed by atoms with E-state index in [1.165, 1.54) is 16.9 Å². The van der Waals surface area contributed by atoms with E-state index in [2.05, 4.69) is 10.2 Å². The third-order valence-corrected chi connectivity index (χ3v) is 3.69. The number of fused-ring (bicyclic) bond motifs is 1. The Morgan fingerprint density at radius 1 is 1.32 bits per heavy atom. The highest BCUT2D eigenvalue weighted by Crippen LogP contribution is 2.26. The summed E-state index contributed by atoms with van der Waals surface area (Å²) in [5, 5.41) is 18.8.